The highest BCUT2D eigenvalue weighted by molar-refractivity contribution is 8.14. The Balaban J connectivity index is 2.12. The first-order chi connectivity index (χ1) is 7.61. The third kappa shape index (κ3) is 2.16. The van der Waals surface area contributed by atoms with E-state index in [1.54, 1.807) is 0 Å². The molecule has 2 fully saturated rings. The molecule has 0 unspecified atom stereocenters. The van der Waals surface area contributed by atoms with Crippen LogP contribution in [0.3, 0.4) is 0 Å². The van der Waals surface area contributed by atoms with Crippen LogP contribution in [0.1, 0.15) is 6.92 Å². The molecule has 6 nitrogen and oxygen atoms in total. The van der Waals surface area contributed by atoms with E-state index in [1.807, 2.05) is 0 Å². The molecule has 7 heteroatoms. The van der Waals surface area contributed by atoms with E-state index < -0.39 is 24.5 Å². The Hall–Kier alpha value is -0.790. The van der Waals surface area contributed by atoms with Crippen molar-refractivity contribution in [3.8, 4) is 0 Å². The van der Waals surface area contributed by atoms with Crippen LogP contribution in [0.25, 0.3) is 0 Å². The van der Waals surface area contributed by atoms with Gasteiger partial charge in [-0.15, -0.1) is 0 Å². The topological polar surface area (TPSA) is 71.1 Å². The highest BCUT2D eigenvalue weighted by Gasteiger charge is 2.50. The first kappa shape index (κ1) is 11.7. The lowest BCUT2D eigenvalue weighted by molar-refractivity contribution is -0.237. The Morgan fingerprint density at radius 3 is 2.94 bits per heavy atom. The summed E-state index contributed by atoms with van der Waals surface area (Å²) in [5.74, 6) is -0.454. The standard InChI is InChI=1S/C9H12O6S/c1-4(10)14-7-6-5(16-9(11)15-6)3-13-8(7)12-2/h5-8H,3H2,1-2H3/t5-,6-,7+,8-/m0/s1. The average Bonchev–Trinajstić information content (AvgIpc) is 2.59. The third-order valence-electron chi connectivity index (χ3n) is 2.40. The SMILES string of the molecule is CO[C@H]1OC[C@@H]2SC(=O)O[C@@H]2[C@H]1OC(C)=O. The van der Waals surface area contributed by atoms with E-state index >= 15 is 0 Å². The van der Waals surface area contributed by atoms with Crippen molar-refractivity contribution in [2.75, 3.05) is 13.7 Å². The van der Waals surface area contributed by atoms with Gasteiger partial charge in [0, 0.05) is 14.0 Å². The Bertz CT molecular complexity index is 306. The fourth-order valence-electron chi connectivity index (χ4n) is 1.77. The fraction of sp³-hybridized carbons (Fsp3) is 0.778. The lowest BCUT2D eigenvalue weighted by Gasteiger charge is -2.35. The van der Waals surface area contributed by atoms with Gasteiger partial charge in [-0.1, -0.05) is 0 Å². The average molecular weight is 248 g/mol. The maximum atomic E-state index is 11.1. The largest absolute Gasteiger partial charge is 0.453 e. The van der Waals surface area contributed by atoms with Gasteiger partial charge < -0.3 is 18.9 Å². The number of hydrogen-bond donors (Lipinski definition) is 0. The van der Waals surface area contributed by atoms with Crippen LogP contribution in [0.15, 0.2) is 0 Å². The molecule has 90 valence electrons. The van der Waals surface area contributed by atoms with Gasteiger partial charge in [0.05, 0.1) is 11.9 Å². The third-order valence-corrected chi connectivity index (χ3v) is 3.39. The van der Waals surface area contributed by atoms with Crippen LogP contribution >= 0.6 is 11.8 Å². The summed E-state index contributed by atoms with van der Waals surface area (Å²) >= 11 is 1.06. The summed E-state index contributed by atoms with van der Waals surface area (Å²) in [5.41, 5.74) is 0. The molecule has 2 rings (SSSR count). The molecule has 4 atom stereocenters. The molecule has 0 aliphatic carbocycles. The number of carbonyl (C=O) groups excluding carboxylic acids is 2. The molecular weight excluding hydrogens is 236 g/mol. The Labute approximate surface area is 96.5 Å². The number of methoxy groups -OCH3 is 1. The highest BCUT2D eigenvalue weighted by Crippen LogP contribution is 2.36. The van der Waals surface area contributed by atoms with Gasteiger partial charge in [-0.3, -0.25) is 4.79 Å². The minimum absolute atomic E-state index is 0.136. The maximum absolute atomic E-state index is 11.1. The van der Waals surface area contributed by atoms with Crippen molar-refractivity contribution >= 4 is 23.0 Å². The summed E-state index contributed by atoms with van der Waals surface area (Å²) in [6.07, 6.45) is -1.86. The summed E-state index contributed by atoms with van der Waals surface area (Å²) in [6, 6.07) is 0. The van der Waals surface area contributed by atoms with Crippen LogP contribution in [-0.2, 0) is 23.7 Å². The zero-order chi connectivity index (χ0) is 11.7. The number of ether oxygens (including phenoxy) is 4. The van der Waals surface area contributed by atoms with E-state index in [2.05, 4.69) is 0 Å². The molecule has 2 heterocycles. The highest BCUT2D eigenvalue weighted by atomic mass is 32.2. The Morgan fingerprint density at radius 2 is 2.31 bits per heavy atom. The van der Waals surface area contributed by atoms with Crippen molar-refractivity contribution in [2.45, 2.75) is 30.7 Å². The first-order valence-corrected chi connectivity index (χ1v) is 5.68. The van der Waals surface area contributed by atoms with E-state index in [4.69, 9.17) is 18.9 Å². The quantitative estimate of drug-likeness (QED) is 0.660. The molecule has 2 aliphatic rings. The Kier molecular flexibility index (Phi) is 3.36. The second-order valence-electron chi connectivity index (χ2n) is 3.50. The normalized spacial score (nSPS) is 37.8. The van der Waals surface area contributed by atoms with Crippen molar-refractivity contribution in [1.82, 2.24) is 0 Å². The minimum Gasteiger partial charge on any atom is -0.453 e. The second kappa shape index (κ2) is 4.60. The van der Waals surface area contributed by atoms with Crippen molar-refractivity contribution in [3.05, 3.63) is 0 Å². The van der Waals surface area contributed by atoms with Crippen LogP contribution in [-0.4, -0.2) is 48.7 Å². The lowest BCUT2D eigenvalue weighted by atomic mass is 10.1. The smallest absolute Gasteiger partial charge is 0.368 e. The molecule has 0 N–H and O–H groups in total. The fourth-order valence-corrected chi connectivity index (χ4v) is 2.67. The number of rotatable bonds is 2. The molecule has 0 saturated carbocycles. The number of fused-ring (bicyclic) bond motifs is 1. The lowest BCUT2D eigenvalue weighted by Crippen LogP contribution is -2.53. The molecule has 0 bridgehead atoms. The van der Waals surface area contributed by atoms with Gasteiger partial charge in [0.2, 0.25) is 0 Å². The van der Waals surface area contributed by atoms with Gasteiger partial charge in [-0.25, -0.2) is 4.79 Å². The molecule has 0 aromatic carbocycles. The van der Waals surface area contributed by atoms with E-state index in [0.29, 0.717) is 6.61 Å². The zero-order valence-corrected chi connectivity index (χ0v) is 9.69. The van der Waals surface area contributed by atoms with Gasteiger partial charge in [-0.05, 0) is 11.8 Å². The predicted octanol–water partition coefficient (Wildman–Crippen LogP) is 0.541. The van der Waals surface area contributed by atoms with Crippen molar-refractivity contribution < 1.29 is 28.5 Å². The van der Waals surface area contributed by atoms with Crippen LogP contribution in [0.5, 0.6) is 0 Å². The molecule has 0 aromatic heterocycles. The van der Waals surface area contributed by atoms with Gasteiger partial charge in [0.1, 0.15) is 0 Å². The molecule has 2 saturated heterocycles. The molecule has 0 amide bonds. The zero-order valence-electron chi connectivity index (χ0n) is 8.87. The van der Waals surface area contributed by atoms with Gasteiger partial charge >= 0.3 is 11.3 Å². The number of hydrogen-bond acceptors (Lipinski definition) is 7. The molecular formula is C9H12O6S. The summed E-state index contributed by atoms with van der Waals surface area (Å²) in [4.78, 5) is 22.1. The van der Waals surface area contributed by atoms with Crippen LogP contribution in [0, 0.1) is 0 Å². The summed E-state index contributed by atoms with van der Waals surface area (Å²) in [6.45, 7) is 1.64. The second-order valence-corrected chi connectivity index (χ2v) is 4.67. The van der Waals surface area contributed by atoms with E-state index in [-0.39, 0.29) is 10.6 Å². The molecule has 0 aromatic rings. The van der Waals surface area contributed by atoms with Crippen LogP contribution in [0.4, 0.5) is 4.79 Å². The molecule has 0 radical (unpaired) electrons. The van der Waals surface area contributed by atoms with Crippen LogP contribution in [0.2, 0.25) is 0 Å². The van der Waals surface area contributed by atoms with E-state index in [1.165, 1.54) is 14.0 Å². The predicted molar refractivity (Wildman–Crippen MR) is 54.0 cm³/mol. The monoisotopic (exact) mass is 248 g/mol. The summed E-state index contributed by atoms with van der Waals surface area (Å²) in [5, 5.41) is -0.504. The molecule has 16 heavy (non-hydrogen) atoms. The number of thioether (sulfide) groups is 1. The minimum atomic E-state index is -0.694. The van der Waals surface area contributed by atoms with Crippen molar-refractivity contribution in [1.29, 1.82) is 0 Å². The number of esters is 1. The molecule has 0 spiro atoms. The van der Waals surface area contributed by atoms with Crippen molar-refractivity contribution in [3.63, 3.8) is 0 Å². The van der Waals surface area contributed by atoms with E-state index in [9.17, 15) is 9.59 Å². The molecule has 2 aliphatic heterocycles. The van der Waals surface area contributed by atoms with Crippen molar-refractivity contribution in [2.24, 2.45) is 0 Å². The first-order valence-electron chi connectivity index (χ1n) is 4.80. The van der Waals surface area contributed by atoms with Gasteiger partial charge in [0.25, 0.3) is 0 Å². The maximum Gasteiger partial charge on any atom is 0.368 e. The summed E-state index contributed by atoms with van der Waals surface area (Å²) in [7, 11) is 1.45. The van der Waals surface area contributed by atoms with Crippen LogP contribution < -0.4 is 0 Å². The number of carbonyl (C=O) groups is 2. The Morgan fingerprint density at radius 1 is 1.56 bits per heavy atom. The summed E-state index contributed by atoms with van der Waals surface area (Å²) < 4.78 is 20.6. The van der Waals surface area contributed by atoms with E-state index in [0.717, 1.165) is 11.8 Å². The van der Waals surface area contributed by atoms with Gasteiger partial charge in [0.15, 0.2) is 18.5 Å². The van der Waals surface area contributed by atoms with Gasteiger partial charge in [-0.2, -0.15) is 0 Å².